The van der Waals surface area contributed by atoms with Crippen molar-refractivity contribution in [3.8, 4) is 0 Å². The number of benzene rings is 3. The standard InChI is InChI=1S/C30H35Cl2N3O4S/c1-6-28(30(37)33-7-2)34(18-23-11-12-24(31)17-27(23)32)29(36)19-35(25-13-10-21(4)22(5)16-25)40(38,39)26-14-8-20(3)9-15-26/h8-17,28H,6-7,18-19H2,1-5H3,(H,33,37)/t28-/m0/s1. The number of hydrogen-bond donors (Lipinski definition) is 1. The Hall–Kier alpha value is -3.07. The third-order valence-electron chi connectivity index (χ3n) is 6.76. The number of hydrogen-bond acceptors (Lipinski definition) is 4. The van der Waals surface area contributed by atoms with Crippen LogP contribution in [0.2, 0.25) is 10.0 Å². The fourth-order valence-corrected chi connectivity index (χ4v) is 6.17. The fourth-order valence-electron chi connectivity index (χ4n) is 4.29. The molecule has 0 heterocycles. The number of rotatable bonds is 11. The molecular weight excluding hydrogens is 569 g/mol. The number of likely N-dealkylation sites (N-methyl/N-ethyl adjacent to an activating group) is 1. The Morgan fingerprint density at radius 2 is 1.57 bits per heavy atom. The van der Waals surface area contributed by atoms with Gasteiger partial charge in [0.15, 0.2) is 0 Å². The molecule has 0 saturated heterocycles. The molecule has 0 saturated carbocycles. The maximum atomic E-state index is 14.1. The van der Waals surface area contributed by atoms with Crippen molar-refractivity contribution in [2.24, 2.45) is 0 Å². The smallest absolute Gasteiger partial charge is 0.264 e. The number of nitrogens with zero attached hydrogens (tertiary/aromatic N) is 2. The van der Waals surface area contributed by atoms with Crippen molar-refractivity contribution < 1.29 is 18.0 Å². The van der Waals surface area contributed by atoms with Crippen molar-refractivity contribution in [3.63, 3.8) is 0 Å². The molecule has 10 heteroatoms. The third-order valence-corrected chi connectivity index (χ3v) is 9.13. The molecule has 0 bridgehead atoms. The predicted molar refractivity (Wildman–Crippen MR) is 161 cm³/mol. The summed E-state index contributed by atoms with van der Waals surface area (Å²) in [7, 11) is -4.14. The van der Waals surface area contributed by atoms with Crippen LogP contribution in [-0.4, -0.2) is 44.3 Å². The molecular formula is C30H35Cl2N3O4S. The highest BCUT2D eigenvalue weighted by atomic mass is 35.5. The van der Waals surface area contributed by atoms with Gasteiger partial charge >= 0.3 is 0 Å². The van der Waals surface area contributed by atoms with Crippen molar-refractivity contribution in [3.05, 3.63) is 93.0 Å². The van der Waals surface area contributed by atoms with E-state index >= 15 is 0 Å². The SMILES string of the molecule is CCNC(=O)[C@H](CC)N(Cc1ccc(Cl)cc1Cl)C(=O)CN(c1ccc(C)c(C)c1)S(=O)(=O)c1ccc(C)cc1. The lowest BCUT2D eigenvalue weighted by Gasteiger charge is -2.33. The van der Waals surface area contributed by atoms with Gasteiger partial charge in [0, 0.05) is 23.1 Å². The number of nitrogens with one attached hydrogen (secondary N) is 1. The number of aryl methyl sites for hydroxylation is 3. The lowest BCUT2D eigenvalue weighted by molar-refractivity contribution is -0.140. The largest absolute Gasteiger partial charge is 0.355 e. The van der Waals surface area contributed by atoms with Crippen molar-refractivity contribution in [1.29, 1.82) is 0 Å². The van der Waals surface area contributed by atoms with E-state index in [9.17, 15) is 18.0 Å². The van der Waals surface area contributed by atoms with Crippen LogP contribution in [-0.2, 0) is 26.2 Å². The van der Waals surface area contributed by atoms with E-state index < -0.39 is 28.5 Å². The van der Waals surface area contributed by atoms with Crippen LogP contribution in [0.25, 0.3) is 0 Å². The van der Waals surface area contributed by atoms with Crippen LogP contribution in [0.3, 0.4) is 0 Å². The highest BCUT2D eigenvalue weighted by Gasteiger charge is 2.34. The molecule has 3 rings (SSSR count). The monoisotopic (exact) mass is 603 g/mol. The zero-order valence-electron chi connectivity index (χ0n) is 23.4. The normalized spacial score (nSPS) is 12.1. The highest BCUT2D eigenvalue weighted by Crippen LogP contribution is 2.28. The van der Waals surface area contributed by atoms with E-state index in [0.717, 1.165) is 21.0 Å². The van der Waals surface area contributed by atoms with Gasteiger partial charge in [0.1, 0.15) is 12.6 Å². The van der Waals surface area contributed by atoms with Crippen LogP contribution in [0.15, 0.2) is 65.6 Å². The highest BCUT2D eigenvalue weighted by molar-refractivity contribution is 7.92. The number of amides is 2. The maximum absolute atomic E-state index is 14.1. The molecule has 3 aromatic carbocycles. The van der Waals surface area contributed by atoms with Crippen molar-refractivity contribution in [2.45, 2.75) is 58.5 Å². The van der Waals surface area contributed by atoms with Crippen molar-refractivity contribution in [1.82, 2.24) is 10.2 Å². The van der Waals surface area contributed by atoms with Crippen molar-refractivity contribution in [2.75, 3.05) is 17.4 Å². The number of sulfonamides is 1. The van der Waals surface area contributed by atoms with Gasteiger partial charge in [0.2, 0.25) is 11.8 Å². The molecule has 0 aliphatic carbocycles. The van der Waals surface area contributed by atoms with Crippen LogP contribution in [0.5, 0.6) is 0 Å². The molecule has 0 aliphatic heterocycles. The van der Waals surface area contributed by atoms with Crippen molar-refractivity contribution >= 4 is 50.7 Å². The third kappa shape index (κ3) is 7.36. The summed E-state index contributed by atoms with van der Waals surface area (Å²) >= 11 is 12.5. The summed E-state index contributed by atoms with van der Waals surface area (Å²) in [5.41, 5.74) is 3.72. The van der Waals surface area contributed by atoms with Crippen LogP contribution in [0, 0.1) is 20.8 Å². The Morgan fingerprint density at radius 1 is 0.900 bits per heavy atom. The Kier molecular flexibility index (Phi) is 10.6. The summed E-state index contributed by atoms with van der Waals surface area (Å²) < 4.78 is 29.0. The first-order chi connectivity index (χ1) is 18.9. The van der Waals surface area contributed by atoms with E-state index in [0.29, 0.717) is 34.3 Å². The molecule has 2 amide bonds. The molecule has 1 N–H and O–H groups in total. The van der Waals surface area contributed by atoms with Gasteiger partial charge in [-0.2, -0.15) is 0 Å². The molecule has 40 heavy (non-hydrogen) atoms. The zero-order valence-corrected chi connectivity index (χ0v) is 25.7. The van der Waals surface area contributed by atoms with Gasteiger partial charge in [-0.3, -0.25) is 13.9 Å². The molecule has 0 spiro atoms. The van der Waals surface area contributed by atoms with Crippen LogP contribution < -0.4 is 9.62 Å². The first-order valence-corrected chi connectivity index (χ1v) is 15.3. The summed E-state index contributed by atoms with van der Waals surface area (Å²) in [6, 6.07) is 15.8. The lowest BCUT2D eigenvalue weighted by Crippen LogP contribution is -2.52. The molecule has 0 aromatic heterocycles. The molecule has 3 aromatic rings. The minimum absolute atomic E-state index is 0.00415. The van der Waals surface area contributed by atoms with Gasteiger partial charge in [-0.05, 0) is 87.2 Å². The van der Waals surface area contributed by atoms with Crippen LogP contribution in [0.4, 0.5) is 5.69 Å². The molecule has 214 valence electrons. The second-order valence-corrected chi connectivity index (χ2v) is 12.4. The van der Waals surface area contributed by atoms with Gasteiger partial charge in [0.25, 0.3) is 10.0 Å². The lowest BCUT2D eigenvalue weighted by atomic mass is 10.1. The van der Waals surface area contributed by atoms with Gasteiger partial charge in [-0.25, -0.2) is 8.42 Å². The number of carbonyl (C=O) groups is 2. The Bertz CT molecular complexity index is 1480. The predicted octanol–water partition coefficient (Wildman–Crippen LogP) is 6.06. The maximum Gasteiger partial charge on any atom is 0.264 e. The Labute approximate surface area is 247 Å². The Morgan fingerprint density at radius 3 is 2.15 bits per heavy atom. The number of anilines is 1. The molecule has 0 unspecified atom stereocenters. The number of halogens is 2. The summed E-state index contributed by atoms with van der Waals surface area (Å²) in [4.78, 5) is 28.6. The second kappa shape index (κ2) is 13.5. The molecule has 0 fully saturated rings. The first-order valence-electron chi connectivity index (χ1n) is 13.1. The summed E-state index contributed by atoms with van der Waals surface area (Å²) in [6.07, 6.45) is 0.317. The average molecular weight is 605 g/mol. The van der Waals surface area contributed by atoms with Gasteiger partial charge < -0.3 is 10.2 Å². The topological polar surface area (TPSA) is 86.8 Å². The second-order valence-electron chi connectivity index (χ2n) is 9.67. The van der Waals surface area contributed by atoms with Crippen LogP contribution >= 0.6 is 23.2 Å². The van der Waals surface area contributed by atoms with E-state index in [2.05, 4.69) is 5.32 Å². The van der Waals surface area contributed by atoms with E-state index in [4.69, 9.17) is 23.2 Å². The van der Waals surface area contributed by atoms with E-state index in [1.807, 2.05) is 26.8 Å². The Balaban J connectivity index is 2.10. The van der Waals surface area contributed by atoms with E-state index in [1.54, 1.807) is 56.3 Å². The fraction of sp³-hybridized carbons (Fsp3) is 0.333. The quantitative estimate of drug-likeness (QED) is 0.289. The minimum atomic E-state index is -4.14. The molecule has 7 nitrogen and oxygen atoms in total. The molecule has 0 aliphatic rings. The molecule has 0 radical (unpaired) electrons. The summed E-state index contributed by atoms with van der Waals surface area (Å²) in [5, 5.41) is 3.56. The van der Waals surface area contributed by atoms with Crippen LogP contribution in [0.1, 0.15) is 42.5 Å². The zero-order chi connectivity index (χ0) is 29.6. The van der Waals surface area contributed by atoms with E-state index in [-0.39, 0.29) is 17.3 Å². The van der Waals surface area contributed by atoms with Gasteiger partial charge in [0.05, 0.1) is 10.6 Å². The number of carbonyl (C=O) groups excluding carboxylic acids is 2. The van der Waals surface area contributed by atoms with Gasteiger partial charge in [-0.15, -0.1) is 0 Å². The first kappa shape index (κ1) is 31.5. The summed E-state index contributed by atoms with van der Waals surface area (Å²) in [6.45, 7) is 9.14. The summed E-state index contributed by atoms with van der Waals surface area (Å²) in [5.74, 6) is -0.874. The minimum Gasteiger partial charge on any atom is -0.355 e. The van der Waals surface area contributed by atoms with Gasteiger partial charge in [-0.1, -0.05) is 60.0 Å². The molecule has 1 atom stereocenters. The average Bonchev–Trinajstić information content (AvgIpc) is 2.90. The van der Waals surface area contributed by atoms with E-state index in [1.165, 1.54) is 17.0 Å².